The second kappa shape index (κ2) is 7.75. The Morgan fingerprint density at radius 1 is 0.903 bits per heavy atom. The topological polar surface area (TPSA) is 49.9 Å². The summed E-state index contributed by atoms with van der Waals surface area (Å²) in [6.45, 7) is 0. The summed E-state index contributed by atoms with van der Waals surface area (Å²) in [5, 5.41) is 1.99. The predicted octanol–water partition coefficient (Wildman–Crippen LogP) is 5.29. The van der Waals surface area contributed by atoms with Crippen molar-refractivity contribution >= 4 is 50.7 Å². The van der Waals surface area contributed by atoms with Gasteiger partial charge in [0.1, 0.15) is 11.7 Å². The van der Waals surface area contributed by atoms with Crippen LogP contribution in [-0.4, -0.2) is 17.9 Å². The van der Waals surface area contributed by atoms with Crippen LogP contribution in [0.25, 0.3) is 0 Å². The molecule has 2 saturated heterocycles. The Kier molecular flexibility index (Phi) is 5.04. The zero-order chi connectivity index (χ0) is 21.7. The Balaban J connectivity index is 1.61. The van der Waals surface area contributed by atoms with Gasteiger partial charge in [0, 0.05) is 5.02 Å². The van der Waals surface area contributed by atoms with Gasteiger partial charge in [-0.3, -0.25) is 14.4 Å². The molecule has 5 nitrogen and oxygen atoms in total. The van der Waals surface area contributed by atoms with Gasteiger partial charge in [0.05, 0.1) is 21.9 Å². The summed E-state index contributed by atoms with van der Waals surface area (Å²) < 4.78 is 14.2. The average Bonchev–Trinajstić information content (AvgIpc) is 3.27. The molecule has 2 aliphatic heterocycles. The van der Waals surface area contributed by atoms with Crippen molar-refractivity contribution in [1.29, 1.82) is 0 Å². The van der Waals surface area contributed by atoms with Gasteiger partial charge in [0.15, 0.2) is 6.10 Å². The van der Waals surface area contributed by atoms with E-state index >= 15 is 0 Å². The number of para-hydroxylation sites is 1. The van der Waals surface area contributed by atoms with Gasteiger partial charge in [-0.25, -0.2) is 14.4 Å². The van der Waals surface area contributed by atoms with E-state index in [1.807, 2.05) is 30.3 Å². The number of halogens is 3. The number of rotatable bonds is 3. The van der Waals surface area contributed by atoms with Crippen LogP contribution in [0.3, 0.4) is 0 Å². The lowest BCUT2D eigenvalue weighted by Gasteiger charge is -2.29. The normalized spacial score (nSPS) is 22.9. The fourth-order valence-corrected chi connectivity index (χ4v) is 4.70. The number of fused-ring (bicyclic) bond motifs is 1. The van der Waals surface area contributed by atoms with Crippen molar-refractivity contribution in [3.8, 4) is 0 Å². The highest BCUT2D eigenvalue weighted by Crippen LogP contribution is 2.48. The van der Waals surface area contributed by atoms with Crippen LogP contribution in [0, 0.1) is 11.7 Å². The Bertz CT molecular complexity index is 1190. The van der Waals surface area contributed by atoms with Gasteiger partial charge in [-0.1, -0.05) is 41.9 Å². The molecule has 2 amide bonds. The van der Waals surface area contributed by atoms with E-state index < -0.39 is 29.8 Å². The van der Waals surface area contributed by atoms with Crippen LogP contribution in [0.2, 0.25) is 5.02 Å². The highest BCUT2D eigenvalue weighted by molar-refractivity contribution is 9.10. The number of hydrogen-bond donors (Lipinski definition) is 0. The maximum atomic E-state index is 13.9. The van der Waals surface area contributed by atoms with E-state index in [-0.39, 0.29) is 10.4 Å². The van der Waals surface area contributed by atoms with Gasteiger partial charge in [0.2, 0.25) is 5.91 Å². The number of anilines is 2. The molecule has 3 aromatic carbocycles. The quantitative estimate of drug-likeness (QED) is 0.458. The Morgan fingerprint density at radius 2 is 1.65 bits per heavy atom. The minimum absolute atomic E-state index is 0.268. The molecule has 0 spiro atoms. The maximum absolute atomic E-state index is 13.9. The smallest absolute Gasteiger partial charge is 0.266 e. The molecular formula is C23H15BrClFN2O3. The van der Waals surface area contributed by atoms with Crippen molar-refractivity contribution in [3.63, 3.8) is 0 Å². The van der Waals surface area contributed by atoms with Crippen molar-refractivity contribution in [2.45, 2.75) is 12.1 Å². The summed E-state index contributed by atoms with van der Waals surface area (Å²) in [4.78, 5) is 33.9. The molecule has 2 aliphatic rings. The molecule has 5 rings (SSSR count). The van der Waals surface area contributed by atoms with Crippen LogP contribution in [0.15, 0.2) is 77.3 Å². The number of hydrogen-bond acceptors (Lipinski definition) is 4. The summed E-state index contributed by atoms with van der Waals surface area (Å²) in [6.07, 6.45) is -1.000. The van der Waals surface area contributed by atoms with Crippen LogP contribution < -0.4 is 9.96 Å². The van der Waals surface area contributed by atoms with E-state index in [0.717, 1.165) is 4.90 Å². The SMILES string of the molecule is O=C1C2ON(c3ccccc3)C(c3ccc(F)c(Br)c3)C2C(=O)N1c1cccc(Cl)c1. The first-order valence-electron chi connectivity index (χ1n) is 9.55. The van der Waals surface area contributed by atoms with Crippen molar-refractivity contribution in [2.24, 2.45) is 5.92 Å². The lowest BCUT2D eigenvalue weighted by Crippen LogP contribution is -2.37. The number of hydroxylamine groups is 1. The summed E-state index contributed by atoms with van der Waals surface area (Å²) >= 11 is 9.28. The molecular weight excluding hydrogens is 487 g/mol. The molecule has 0 aromatic heterocycles. The molecule has 0 radical (unpaired) electrons. The van der Waals surface area contributed by atoms with E-state index in [4.69, 9.17) is 16.4 Å². The number of amides is 2. The first-order chi connectivity index (χ1) is 15.0. The van der Waals surface area contributed by atoms with Crippen LogP contribution in [0.5, 0.6) is 0 Å². The van der Waals surface area contributed by atoms with Crippen molar-refractivity contribution in [3.05, 3.63) is 93.7 Å². The van der Waals surface area contributed by atoms with E-state index in [1.54, 1.807) is 41.5 Å². The van der Waals surface area contributed by atoms with Crippen LogP contribution in [-0.2, 0) is 14.4 Å². The number of imide groups is 1. The molecule has 3 aromatic rings. The van der Waals surface area contributed by atoms with Gasteiger partial charge in [-0.05, 0) is 64.0 Å². The molecule has 2 heterocycles. The zero-order valence-corrected chi connectivity index (χ0v) is 18.3. The van der Waals surface area contributed by atoms with Gasteiger partial charge in [-0.15, -0.1) is 0 Å². The summed E-state index contributed by atoms with van der Waals surface area (Å²) in [5.74, 6) is -2.06. The molecule has 2 fully saturated rings. The Hall–Kier alpha value is -2.74. The molecule has 0 aliphatic carbocycles. The second-order valence-corrected chi connectivity index (χ2v) is 8.61. The molecule has 3 unspecified atom stereocenters. The molecule has 8 heteroatoms. The van der Waals surface area contributed by atoms with E-state index in [1.165, 1.54) is 6.07 Å². The molecule has 31 heavy (non-hydrogen) atoms. The Labute approximate surface area is 191 Å². The third kappa shape index (κ3) is 3.33. The minimum Gasteiger partial charge on any atom is -0.273 e. The van der Waals surface area contributed by atoms with Gasteiger partial charge in [0.25, 0.3) is 5.91 Å². The van der Waals surface area contributed by atoms with Crippen molar-refractivity contribution in [1.82, 2.24) is 0 Å². The molecule has 0 saturated carbocycles. The molecule has 3 atom stereocenters. The number of nitrogens with zero attached hydrogens (tertiary/aromatic N) is 2. The van der Waals surface area contributed by atoms with Crippen LogP contribution in [0.4, 0.5) is 15.8 Å². The fourth-order valence-electron chi connectivity index (χ4n) is 4.12. The highest BCUT2D eigenvalue weighted by Gasteiger charge is 2.60. The zero-order valence-electron chi connectivity index (χ0n) is 15.9. The van der Waals surface area contributed by atoms with Crippen LogP contribution >= 0.6 is 27.5 Å². The lowest BCUT2D eigenvalue weighted by atomic mass is 9.90. The molecule has 0 bridgehead atoms. The first kappa shape index (κ1) is 20.2. The largest absolute Gasteiger partial charge is 0.273 e. The second-order valence-electron chi connectivity index (χ2n) is 7.32. The van der Waals surface area contributed by atoms with Gasteiger partial charge in [-0.2, -0.15) is 0 Å². The summed E-state index contributed by atoms with van der Waals surface area (Å²) in [6, 6.07) is 19.7. The van der Waals surface area contributed by atoms with Crippen molar-refractivity contribution < 1.29 is 18.8 Å². The summed E-state index contributed by atoms with van der Waals surface area (Å²) in [5.41, 5.74) is 1.74. The van der Waals surface area contributed by atoms with Crippen molar-refractivity contribution in [2.75, 3.05) is 9.96 Å². The van der Waals surface area contributed by atoms with Gasteiger partial charge < -0.3 is 0 Å². The highest BCUT2D eigenvalue weighted by atomic mass is 79.9. The first-order valence-corrected chi connectivity index (χ1v) is 10.7. The fraction of sp³-hybridized carbons (Fsp3) is 0.130. The van der Waals surface area contributed by atoms with E-state index in [9.17, 15) is 14.0 Å². The predicted molar refractivity (Wildman–Crippen MR) is 118 cm³/mol. The third-order valence-electron chi connectivity index (χ3n) is 5.48. The maximum Gasteiger partial charge on any atom is 0.266 e. The lowest BCUT2D eigenvalue weighted by molar-refractivity contribution is -0.126. The van der Waals surface area contributed by atoms with Gasteiger partial charge >= 0.3 is 0 Å². The minimum atomic E-state index is -1.000. The third-order valence-corrected chi connectivity index (χ3v) is 6.32. The average molecular weight is 502 g/mol. The molecule has 156 valence electrons. The number of carbonyl (C=O) groups excluding carboxylic acids is 2. The monoisotopic (exact) mass is 500 g/mol. The molecule has 0 N–H and O–H groups in total. The Morgan fingerprint density at radius 3 is 2.35 bits per heavy atom. The standard InChI is InChI=1S/C23H15BrClFN2O3/c24-17-11-13(9-10-18(17)26)20-19-21(31-28(20)15-6-2-1-3-7-15)23(30)27(22(19)29)16-8-4-5-14(25)12-16/h1-12,19-21H. The number of carbonyl (C=O) groups is 2. The van der Waals surface area contributed by atoms with Crippen LogP contribution in [0.1, 0.15) is 11.6 Å². The van der Waals surface area contributed by atoms with E-state index in [2.05, 4.69) is 15.9 Å². The van der Waals surface area contributed by atoms with E-state index in [0.29, 0.717) is 22.0 Å². The summed E-state index contributed by atoms with van der Waals surface area (Å²) in [7, 11) is 0. The number of benzene rings is 3.